The number of nitrogens with zero attached hydrogens (tertiary/aromatic N) is 1. The van der Waals surface area contributed by atoms with E-state index in [1.54, 1.807) is 0 Å². The molecule has 17 heavy (non-hydrogen) atoms. The summed E-state index contributed by atoms with van der Waals surface area (Å²) in [5.41, 5.74) is -0.159. The second-order valence-electron chi connectivity index (χ2n) is 6.02. The number of rotatable bonds is 1. The fourth-order valence-electron chi connectivity index (χ4n) is 3.24. The van der Waals surface area contributed by atoms with Gasteiger partial charge in [0.05, 0.1) is 6.10 Å². The van der Waals surface area contributed by atoms with E-state index >= 15 is 0 Å². The van der Waals surface area contributed by atoms with Crippen molar-refractivity contribution >= 4 is 5.91 Å². The topological polar surface area (TPSA) is 40.5 Å². The van der Waals surface area contributed by atoms with Crippen LogP contribution >= 0.6 is 0 Å². The second kappa shape index (κ2) is 5.38. The van der Waals surface area contributed by atoms with Gasteiger partial charge in [-0.25, -0.2) is 0 Å². The molecule has 0 aromatic heterocycles. The Kier molecular flexibility index (Phi) is 4.08. The maximum Gasteiger partial charge on any atom is 0.228 e. The van der Waals surface area contributed by atoms with Crippen molar-refractivity contribution in [3.63, 3.8) is 0 Å². The minimum atomic E-state index is -0.304. The predicted molar refractivity (Wildman–Crippen MR) is 67.6 cm³/mol. The molecular weight excluding hydrogens is 214 g/mol. The molecule has 2 fully saturated rings. The van der Waals surface area contributed by atoms with Gasteiger partial charge in [-0.3, -0.25) is 4.79 Å². The van der Waals surface area contributed by atoms with E-state index in [2.05, 4.69) is 6.92 Å². The highest BCUT2D eigenvalue weighted by Gasteiger charge is 2.37. The van der Waals surface area contributed by atoms with E-state index < -0.39 is 0 Å². The van der Waals surface area contributed by atoms with Gasteiger partial charge in [-0.05, 0) is 25.7 Å². The summed E-state index contributed by atoms with van der Waals surface area (Å²) < 4.78 is 0. The average Bonchev–Trinajstić information content (AvgIpc) is 2.54. The third-order valence-corrected chi connectivity index (χ3v) is 4.41. The summed E-state index contributed by atoms with van der Waals surface area (Å²) >= 11 is 0. The molecule has 3 nitrogen and oxygen atoms in total. The molecule has 0 bridgehead atoms. The van der Waals surface area contributed by atoms with Crippen LogP contribution < -0.4 is 0 Å². The molecule has 0 spiro atoms. The SMILES string of the molecule is CC1(C(=O)N2CCCC(O)C2)CCCCCC1. The van der Waals surface area contributed by atoms with E-state index in [1.807, 2.05) is 4.90 Å². The molecule has 0 aromatic carbocycles. The van der Waals surface area contributed by atoms with E-state index in [9.17, 15) is 9.90 Å². The van der Waals surface area contributed by atoms with Gasteiger partial charge >= 0.3 is 0 Å². The van der Waals surface area contributed by atoms with Crippen molar-refractivity contribution in [1.29, 1.82) is 0 Å². The van der Waals surface area contributed by atoms with Crippen LogP contribution in [0.4, 0.5) is 0 Å². The second-order valence-corrected chi connectivity index (χ2v) is 6.02. The molecule has 1 saturated carbocycles. The summed E-state index contributed by atoms with van der Waals surface area (Å²) in [4.78, 5) is 14.5. The monoisotopic (exact) mass is 239 g/mol. The lowest BCUT2D eigenvalue weighted by molar-refractivity contribution is -0.145. The van der Waals surface area contributed by atoms with Gasteiger partial charge in [0.2, 0.25) is 5.91 Å². The fraction of sp³-hybridized carbons (Fsp3) is 0.929. The summed E-state index contributed by atoms with van der Waals surface area (Å²) in [6.45, 7) is 3.52. The maximum atomic E-state index is 12.6. The molecule has 0 aromatic rings. The third-order valence-electron chi connectivity index (χ3n) is 4.41. The molecular formula is C14H25NO2. The van der Waals surface area contributed by atoms with Crippen LogP contribution in [0.2, 0.25) is 0 Å². The zero-order chi connectivity index (χ0) is 12.3. The molecule has 1 aliphatic carbocycles. The quantitative estimate of drug-likeness (QED) is 0.713. The first-order valence-electron chi connectivity index (χ1n) is 7.09. The minimum Gasteiger partial charge on any atom is -0.391 e. The first kappa shape index (κ1) is 12.9. The zero-order valence-electron chi connectivity index (χ0n) is 11.0. The standard InChI is InChI=1S/C14H25NO2/c1-14(8-4-2-3-5-9-14)13(17)15-10-6-7-12(16)11-15/h12,16H,2-11H2,1H3. The van der Waals surface area contributed by atoms with Crippen LogP contribution in [-0.2, 0) is 4.79 Å². The van der Waals surface area contributed by atoms with Gasteiger partial charge in [0.15, 0.2) is 0 Å². The van der Waals surface area contributed by atoms with Gasteiger partial charge in [-0.1, -0.05) is 32.6 Å². The van der Waals surface area contributed by atoms with Crippen molar-refractivity contribution in [2.45, 2.75) is 64.4 Å². The molecule has 2 aliphatic rings. The predicted octanol–water partition coefficient (Wildman–Crippen LogP) is 2.33. The first-order chi connectivity index (χ1) is 8.12. The Morgan fingerprint density at radius 3 is 2.41 bits per heavy atom. The smallest absolute Gasteiger partial charge is 0.228 e. The van der Waals surface area contributed by atoms with E-state index in [4.69, 9.17) is 0 Å². The lowest BCUT2D eigenvalue weighted by atomic mass is 9.80. The summed E-state index contributed by atoms with van der Waals surface area (Å²) in [6, 6.07) is 0. The van der Waals surface area contributed by atoms with Crippen LogP contribution in [-0.4, -0.2) is 35.1 Å². The number of carbonyl (C=O) groups excluding carboxylic acids is 1. The minimum absolute atomic E-state index is 0.159. The summed E-state index contributed by atoms with van der Waals surface area (Å²) in [7, 11) is 0. The Balaban J connectivity index is 2.01. The molecule has 0 radical (unpaired) electrons. The van der Waals surface area contributed by atoms with Crippen molar-refractivity contribution in [2.24, 2.45) is 5.41 Å². The van der Waals surface area contributed by atoms with Crippen LogP contribution in [0.1, 0.15) is 58.3 Å². The number of likely N-dealkylation sites (tertiary alicyclic amines) is 1. The van der Waals surface area contributed by atoms with Gasteiger partial charge in [0.1, 0.15) is 0 Å². The zero-order valence-corrected chi connectivity index (χ0v) is 11.0. The van der Waals surface area contributed by atoms with Crippen molar-refractivity contribution in [1.82, 2.24) is 4.90 Å². The van der Waals surface area contributed by atoms with Crippen LogP contribution in [0.3, 0.4) is 0 Å². The van der Waals surface area contributed by atoms with E-state index in [-0.39, 0.29) is 17.4 Å². The number of aliphatic hydroxyl groups is 1. The molecule has 1 saturated heterocycles. The molecule has 3 heteroatoms. The van der Waals surface area contributed by atoms with E-state index in [0.29, 0.717) is 6.54 Å². The van der Waals surface area contributed by atoms with Crippen LogP contribution in [0, 0.1) is 5.41 Å². The van der Waals surface area contributed by atoms with Gasteiger partial charge < -0.3 is 10.0 Å². The molecule has 1 heterocycles. The first-order valence-corrected chi connectivity index (χ1v) is 7.09. The highest BCUT2D eigenvalue weighted by atomic mass is 16.3. The largest absolute Gasteiger partial charge is 0.391 e. The molecule has 98 valence electrons. The lowest BCUT2D eigenvalue weighted by Gasteiger charge is -2.37. The lowest BCUT2D eigenvalue weighted by Crippen LogP contribution is -2.48. The average molecular weight is 239 g/mol. The Bertz CT molecular complexity index is 269. The van der Waals surface area contributed by atoms with Crippen molar-refractivity contribution in [3.8, 4) is 0 Å². The fourth-order valence-corrected chi connectivity index (χ4v) is 3.24. The molecule has 1 N–H and O–H groups in total. The molecule has 2 rings (SSSR count). The Morgan fingerprint density at radius 2 is 1.82 bits per heavy atom. The van der Waals surface area contributed by atoms with Crippen LogP contribution in [0.15, 0.2) is 0 Å². The number of piperidine rings is 1. The third kappa shape index (κ3) is 3.01. The number of β-amino-alcohol motifs (C(OH)–C–C–N with tert-alkyl or cyclic N) is 1. The van der Waals surface area contributed by atoms with Crippen LogP contribution in [0.5, 0.6) is 0 Å². The van der Waals surface area contributed by atoms with Crippen molar-refractivity contribution in [2.75, 3.05) is 13.1 Å². The van der Waals surface area contributed by atoms with Gasteiger partial charge in [-0.15, -0.1) is 0 Å². The van der Waals surface area contributed by atoms with E-state index in [0.717, 1.165) is 32.2 Å². The van der Waals surface area contributed by atoms with Crippen LogP contribution in [0.25, 0.3) is 0 Å². The molecule has 1 amide bonds. The van der Waals surface area contributed by atoms with E-state index in [1.165, 1.54) is 25.7 Å². The van der Waals surface area contributed by atoms with Crippen molar-refractivity contribution in [3.05, 3.63) is 0 Å². The summed E-state index contributed by atoms with van der Waals surface area (Å²) in [6.07, 6.45) is 8.44. The molecule has 1 atom stereocenters. The summed E-state index contributed by atoms with van der Waals surface area (Å²) in [5, 5.41) is 9.67. The Morgan fingerprint density at radius 1 is 1.18 bits per heavy atom. The molecule has 1 unspecified atom stereocenters. The number of hydrogen-bond donors (Lipinski definition) is 1. The number of carbonyl (C=O) groups is 1. The highest BCUT2D eigenvalue weighted by Crippen LogP contribution is 2.36. The normalized spacial score (nSPS) is 29.8. The van der Waals surface area contributed by atoms with Crippen molar-refractivity contribution < 1.29 is 9.90 Å². The molecule has 1 aliphatic heterocycles. The number of amides is 1. The Labute approximate surface area is 104 Å². The number of aliphatic hydroxyl groups excluding tert-OH is 1. The maximum absolute atomic E-state index is 12.6. The summed E-state index contributed by atoms with van der Waals surface area (Å²) in [5.74, 6) is 0.290. The Hall–Kier alpha value is -0.570. The highest BCUT2D eigenvalue weighted by molar-refractivity contribution is 5.82. The number of hydrogen-bond acceptors (Lipinski definition) is 2. The van der Waals surface area contributed by atoms with Gasteiger partial charge in [0, 0.05) is 18.5 Å². The van der Waals surface area contributed by atoms with Gasteiger partial charge in [-0.2, -0.15) is 0 Å². The van der Waals surface area contributed by atoms with Gasteiger partial charge in [0.25, 0.3) is 0 Å².